The Bertz CT molecular complexity index is 2130. The van der Waals surface area contributed by atoms with Crippen LogP contribution in [0.4, 0.5) is 0 Å². The first-order valence-corrected chi connectivity index (χ1v) is 28.0. The van der Waals surface area contributed by atoms with Crippen molar-refractivity contribution in [2.24, 2.45) is 50.2 Å². The van der Waals surface area contributed by atoms with Crippen LogP contribution in [-0.2, 0) is 42.7 Å². The zero-order valence-electron chi connectivity index (χ0n) is 45.4. The van der Waals surface area contributed by atoms with Crippen molar-refractivity contribution in [2.45, 2.75) is 235 Å². The van der Waals surface area contributed by atoms with Gasteiger partial charge >= 0.3 is 5.97 Å². The highest BCUT2D eigenvalue weighted by Gasteiger charge is 2.71. The average molecular weight is 1120 g/mol. The van der Waals surface area contributed by atoms with Gasteiger partial charge in [-0.05, 0) is 104 Å². The van der Waals surface area contributed by atoms with Crippen LogP contribution >= 0.6 is 0 Å². The molecule has 9 aliphatic rings. The molecule has 0 aromatic carbocycles. The second-order valence-corrected chi connectivity index (χ2v) is 26.2. The molecule has 4 saturated carbocycles. The molecule has 4 aliphatic heterocycles. The molecule has 15 N–H and O–H groups in total. The number of hydrogen-bond donors (Lipinski definition) is 15. The van der Waals surface area contributed by atoms with E-state index in [4.69, 9.17) is 37.9 Å². The summed E-state index contributed by atoms with van der Waals surface area (Å²) in [6, 6.07) is 0. The minimum Gasteiger partial charge on any atom is -0.432 e. The Morgan fingerprint density at radius 1 is 0.551 bits per heavy atom. The van der Waals surface area contributed by atoms with Crippen LogP contribution < -0.4 is 0 Å². The fourth-order valence-electron chi connectivity index (χ4n) is 16.4. The number of rotatable bonds is 13. The van der Waals surface area contributed by atoms with Gasteiger partial charge in [0.2, 0.25) is 6.29 Å². The average Bonchev–Trinajstić information content (AvgIpc) is 3.60. The Kier molecular flexibility index (Phi) is 17.5. The third-order valence-corrected chi connectivity index (χ3v) is 21.6. The molecule has 29 atom stereocenters. The Balaban J connectivity index is 0.941. The Morgan fingerprint density at radius 2 is 1.08 bits per heavy atom. The molecule has 4 saturated heterocycles. The summed E-state index contributed by atoms with van der Waals surface area (Å²) in [5.41, 5.74) is -2.07. The standard InChI is InChI=1S/C54H88O24/c1-49(2)13-15-54(48(70)78-46-42(69)38(65)35(62)28(75-46)21-71-44-40(67)36(63)32(59)25(18-55)72-44)16-14-52(5)23(24(54)17-49)7-8-30-50(3)11-10-31(51(4,22-58)29(50)9-12-53(30,52)6)76-47-43(39(66)34(61)27(20-57)74-47)77-45-41(68)37(64)33(60)26(19-56)73-45/h7,24-47,55-69H,8-22H2,1-6H3/t24-,25-,26-,27-,28-,29-,30+,31+,32-,33-,34-,35-,36+,37+,38+,39+,40-,41-,42-,43-,44-,45+,46+,47+,50+,51+,52+,53-,54+/m1/s1. The van der Waals surface area contributed by atoms with Crippen LogP contribution in [0.3, 0.4) is 0 Å². The van der Waals surface area contributed by atoms with E-state index in [1.54, 1.807) is 0 Å². The van der Waals surface area contributed by atoms with E-state index in [1.807, 2.05) is 6.92 Å². The Morgan fingerprint density at radius 3 is 1.68 bits per heavy atom. The van der Waals surface area contributed by atoms with Crippen LogP contribution in [0.25, 0.3) is 0 Å². The molecule has 0 amide bonds. The fraction of sp³-hybridized carbons (Fsp3) is 0.944. The van der Waals surface area contributed by atoms with Crippen LogP contribution in [-0.4, -0.2) is 245 Å². The molecule has 0 aromatic rings. The van der Waals surface area contributed by atoms with Crippen LogP contribution in [0.1, 0.15) is 106 Å². The van der Waals surface area contributed by atoms with Gasteiger partial charge in [0.25, 0.3) is 0 Å². The molecule has 0 spiro atoms. The van der Waals surface area contributed by atoms with Crippen LogP contribution in [0.15, 0.2) is 11.6 Å². The predicted molar refractivity (Wildman–Crippen MR) is 264 cm³/mol. The Labute approximate surface area is 453 Å². The van der Waals surface area contributed by atoms with Crippen molar-refractivity contribution in [3.05, 3.63) is 11.6 Å². The molecule has 24 heteroatoms. The smallest absolute Gasteiger partial charge is 0.315 e. The summed E-state index contributed by atoms with van der Waals surface area (Å²) in [7, 11) is 0. The van der Waals surface area contributed by atoms with E-state index in [-0.39, 0.29) is 40.6 Å². The van der Waals surface area contributed by atoms with Gasteiger partial charge in [-0.25, -0.2) is 0 Å². The number of hydrogen-bond acceptors (Lipinski definition) is 24. The third-order valence-electron chi connectivity index (χ3n) is 21.6. The van der Waals surface area contributed by atoms with E-state index in [1.165, 1.54) is 5.57 Å². The van der Waals surface area contributed by atoms with Crippen molar-refractivity contribution in [1.82, 2.24) is 0 Å². The summed E-state index contributed by atoms with van der Waals surface area (Å²) in [6.45, 7) is 10.2. The zero-order chi connectivity index (χ0) is 57.0. The molecule has 5 aliphatic carbocycles. The zero-order valence-corrected chi connectivity index (χ0v) is 45.4. The first kappa shape index (κ1) is 60.9. The van der Waals surface area contributed by atoms with E-state index >= 15 is 4.79 Å². The van der Waals surface area contributed by atoms with Crippen molar-refractivity contribution in [1.29, 1.82) is 0 Å². The summed E-state index contributed by atoms with van der Waals surface area (Å²) in [5.74, 6) is -0.932. The van der Waals surface area contributed by atoms with Crippen molar-refractivity contribution in [2.75, 3.05) is 33.0 Å². The summed E-state index contributed by atoms with van der Waals surface area (Å²) < 4.78 is 47.6. The molecule has 0 radical (unpaired) electrons. The molecule has 9 rings (SSSR count). The second-order valence-electron chi connectivity index (χ2n) is 26.2. The first-order valence-electron chi connectivity index (χ1n) is 28.0. The molecule has 8 fully saturated rings. The van der Waals surface area contributed by atoms with Gasteiger partial charge in [-0.1, -0.05) is 53.2 Å². The number of carbonyl (C=O) groups is 1. The first-order chi connectivity index (χ1) is 36.6. The van der Waals surface area contributed by atoms with Crippen molar-refractivity contribution in [3.63, 3.8) is 0 Å². The summed E-state index contributed by atoms with van der Waals surface area (Å²) in [4.78, 5) is 15.1. The van der Waals surface area contributed by atoms with Crippen LogP contribution in [0, 0.1) is 50.2 Å². The lowest BCUT2D eigenvalue weighted by molar-refractivity contribution is -0.379. The fourth-order valence-corrected chi connectivity index (χ4v) is 16.4. The van der Waals surface area contributed by atoms with Gasteiger partial charge in [-0.3, -0.25) is 4.79 Å². The van der Waals surface area contributed by atoms with Gasteiger partial charge in [0.1, 0.15) is 97.7 Å². The van der Waals surface area contributed by atoms with Crippen molar-refractivity contribution < 1.29 is 119 Å². The summed E-state index contributed by atoms with van der Waals surface area (Å²) in [5, 5.41) is 160. The lowest BCUT2D eigenvalue weighted by Crippen LogP contribution is -2.68. The molecule has 0 unspecified atom stereocenters. The van der Waals surface area contributed by atoms with E-state index in [0.29, 0.717) is 57.8 Å². The molecule has 78 heavy (non-hydrogen) atoms. The number of esters is 1. The SMILES string of the molecule is CC1(C)CC[C@]2(C(=O)O[C@@H]3O[C@H](CO[C@@H]4O[C@H](CO)[C@@H](O)[C@H](O)[C@H]4O)[C@@H](O)[C@H](O)[C@H]3O)CC[C@@]3(C)C(=CC[C@H]4[C@@]5(C)CC[C@H](O[C@@H]6O[C@H](CO)[C@@H](O)[C@H](O)[C@H]6O[C@@H]6O[C@H](CO)[C@@H](O)[C@H](O)[C@H]6O)[C@@](C)(CO)[C@@H]5CC[C@]43C)[C@H]2C1. The van der Waals surface area contributed by atoms with Crippen LogP contribution in [0.5, 0.6) is 0 Å². The van der Waals surface area contributed by atoms with E-state index in [9.17, 15) is 76.6 Å². The maximum atomic E-state index is 15.1. The van der Waals surface area contributed by atoms with Gasteiger partial charge in [0, 0.05) is 5.41 Å². The van der Waals surface area contributed by atoms with Gasteiger partial charge < -0.3 is 114 Å². The third kappa shape index (κ3) is 9.86. The molecule has 448 valence electrons. The molecule has 0 aromatic heterocycles. The number of aliphatic hydroxyl groups excluding tert-OH is 15. The van der Waals surface area contributed by atoms with E-state index in [0.717, 1.165) is 6.42 Å². The molecular weight excluding hydrogens is 1030 g/mol. The molecule has 0 bridgehead atoms. The highest BCUT2D eigenvalue weighted by Crippen LogP contribution is 2.76. The summed E-state index contributed by atoms with van der Waals surface area (Å²) >= 11 is 0. The minimum atomic E-state index is -1.86. The van der Waals surface area contributed by atoms with Crippen molar-refractivity contribution in [3.8, 4) is 0 Å². The van der Waals surface area contributed by atoms with Gasteiger partial charge in [0.15, 0.2) is 18.9 Å². The number of carbonyl (C=O) groups excluding carboxylic acids is 1. The van der Waals surface area contributed by atoms with Gasteiger partial charge in [0.05, 0.1) is 44.6 Å². The Hall–Kier alpha value is -1.67. The second kappa shape index (κ2) is 22.4. The summed E-state index contributed by atoms with van der Waals surface area (Å²) in [6.07, 6.45) is -25.3. The van der Waals surface area contributed by atoms with Crippen LogP contribution in [0.2, 0.25) is 0 Å². The van der Waals surface area contributed by atoms with Gasteiger partial charge in [-0.2, -0.15) is 0 Å². The lowest BCUT2D eigenvalue weighted by Gasteiger charge is -2.71. The number of ether oxygens (including phenoxy) is 8. The topological polar surface area (TPSA) is 394 Å². The predicted octanol–water partition coefficient (Wildman–Crippen LogP) is -3.06. The molecular formula is C54H88O24. The quantitative estimate of drug-likeness (QED) is 0.0494. The minimum absolute atomic E-state index is 0.0881. The van der Waals surface area contributed by atoms with Gasteiger partial charge in [-0.15, -0.1) is 0 Å². The van der Waals surface area contributed by atoms with Crippen molar-refractivity contribution >= 4 is 5.97 Å². The molecule has 24 nitrogen and oxygen atoms in total. The highest BCUT2D eigenvalue weighted by atomic mass is 16.8. The largest absolute Gasteiger partial charge is 0.432 e. The number of allylic oxidation sites excluding steroid dienone is 2. The lowest BCUT2D eigenvalue weighted by atomic mass is 9.33. The highest BCUT2D eigenvalue weighted by molar-refractivity contribution is 5.79. The van der Waals surface area contributed by atoms with E-state index in [2.05, 4.69) is 40.7 Å². The molecule has 4 heterocycles. The monoisotopic (exact) mass is 1120 g/mol. The normalized spacial score (nSPS) is 54.1. The van der Waals surface area contributed by atoms with E-state index < -0.39 is 178 Å². The number of fused-ring (bicyclic) bond motifs is 7. The maximum Gasteiger partial charge on any atom is 0.315 e. The number of aliphatic hydroxyl groups is 15. The maximum absolute atomic E-state index is 15.1.